The standard InChI is InChI=1S/C19H18ClNO5/c1-25-18(23)19(10-15(19)17(22)21-24)13-6-4-7-14(9-13)26-11-12-5-2-3-8-16(12)20/h2-9,15,24H,10-11H2,1H3,(H,21,22)/t15-,19-/m0/s1. The highest BCUT2D eigenvalue weighted by Crippen LogP contribution is 2.55. The van der Waals surface area contributed by atoms with Crippen molar-refractivity contribution in [2.24, 2.45) is 5.92 Å². The Morgan fingerprint density at radius 1 is 1.27 bits per heavy atom. The molecule has 0 radical (unpaired) electrons. The molecule has 7 heteroatoms. The third-order valence-corrected chi connectivity index (χ3v) is 5.01. The van der Waals surface area contributed by atoms with E-state index in [1.165, 1.54) is 7.11 Å². The highest BCUT2D eigenvalue weighted by molar-refractivity contribution is 6.31. The van der Waals surface area contributed by atoms with Crippen molar-refractivity contribution in [3.8, 4) is 5.75 Å². The van der Waals surface area contributed by atoms with Crippen molar-refractivity contribution in [2.45, 2.75) is 18.4 Å². The van der Waals surface area contributed by atoms with Crippen molar-refractivity contribution in [3.63, 3.8) is 0 Å². The molecule has 1 saturated carbocycles. The smallest absolute Gasteiger partial charge is 0.317 e. The normalized spacial score (nSPS) is 21.0. The molecule has 0 aromatic heterocycles. The second-order valence-electron chi connectivity index (χ2n) is 6.10. The lowest BCUT2D eigenvalue weighted by Gasteiger charge is -2.16. The molecule has 2 N–H and O–H groups in total. The Labute approximate surface area is 155 Å². The van der Waals surface area contributed by atoms with E-state index in [9.17, 15) is 9.59 Å². The summed E-state index contributed by atoms with van der Waals surface area (Å²) in [6, 6.07) is 14.3. The van der Waals surface area contributed by atoms with E-state index in [1.54, 1.807) is 35.8 Å². The number of amides is 1. The van der Waals surface area contributed by atoms with Crippen LogP contribution in [0.25, 0.3) is 0 Å². The summed E-state index contributed by atoms with van der Waals surface area (Å²) in [6.45, 7) is 0.273. The molecule has 0 bridgehead atoms. The second-order valence-corrected chi connectivity index (χ2v) is 6.51. The lowest BCUT2D eigenvalue weighted by molar-refractivity contribution is -0.146. The number of benzene rings is 2. The van der Waals surface area contributed by atoms with Crippen LogP contribution in [0.1, 0.15) is 17.5 Å². The van der Waals surface area contributed by atoms with Gasteiger partial charge in [0.05, 0.1) is 13.0 Å². The van der Waals surface area contributed by atoms with Gasteiger partial charge in [-0.15, -0.1) is 0 Å². The molecule has 136 valence electrons. The Bertz CT molecular complexity index is 840. The third kappa shape index (κ3) is 3.25. The van der Waals surface area contributed by atoms with Crippen molar-refractivity contribution < 1.29 is 24.3 Å². The highest BCUT2D eigenvalue weighted by Gasteiger charge is 2.65. The molecule has 0 unspecified atom stereocenters. The second kappa shape index (κ2) is 7.35. The van der Waals surface area contributed by atoms with Crippen LogP contribution in [0.2, 0.25) is 5.02 Å². The van der Waals surface area contributed by atoms with E-state index in [1.807, 2.05) is 18.2 Å². The van der Waals surface area contributed by atoms with Crippen LogP contribution in [0.4, 0.5) is 0 Å². The molecule has 2 aromatic carbocycles. The lowest BCUT2D eigenvalue weighted by atomic mass is 9.92. The van der Waals surface area contributed by atoms with Crippen LogP contribution >= 0.6 is 11.6 Å². The van der Waals surface area contributed by atoms with Crippen LogP contribution in [-0.4, -0.2) is 24.2 Å². The molecule has 2 atom stereocenters. The number of carbonyl (C=O) groups excluding carboxylic acids is 2. The van der Waals surface area contributed by atoms with Gasteiger partial charge in [-0.3, -0.25) is 14.8 Å². The Morgan fingerprint density at radius 2 is 2.04 bits per heavy atom. The van der Waals surface area contributed by atoms with Gasteiger partial charge in [-0.25, -0.2) is 5.48 Å². The molecule has 2 aromatic rings. The van der Waals surface area contributed by atoms with Gasteiger partial charge in [0, 0.05) is 10.6 Å². The van der Waals surface area contributed by atoms with Crippen LogP contribution in [0.5, 0.6) is 5.75 Å². The number of hydroxylamine groups is 1. The summed E-state index contributed by atoms with van der Waals surface area (Å²) in [7, 11) is 1.27. The van der Waals surface area contributed by atoms with Crippen LogP contribution in [0, 0.1) is 5.92 Å². The monoisotopic (exact) mass is 375 g/mol. The van der Waals surface area contributed by atoms with Crippen molar-refractivity contribution >= 4 is 23.5 Å². The fourth-order valence-corrected chi connectivity index (χ4v) is 3.33. The Balaban J connectivity index is 1.83. The minimum Gasteiger partial charge on any atom is -0.489 e. The fourth-order valence-electron chi connectivity index (χ4n) is 3.14. The maximum absolute atomic E-state index is 12.3. The predicted molar refractivity (Wildman–Crippen MR) is 94.0 cm³/mol. The number of hydrogen-bond acceptors (Lipinski definition) is 5. The van der Waals surface area contributed by atoms with E-state index in [0.29, 0.717) is 16.3 Å². The first-order valence-electron chi connectivity index (χ1n) is 8.02. The van der Waals surface area contributed by atoms with Crippen molar-refractivity contribution in [3.05, 3.63) is 64.7 Å². The first-order valence-corrected chi connectivity index (χ1v) is 8.40. The minimum absolute atomic E-state index is 0.264. The average Bonchev–Trinajstić information content (AvgIpc) is 3.43. The van der Waals surface area contributed by atoms with E-state index < -0.39 is 23.2 Å². The van der Waals surface area contributed by atoms with Crippen molar-refractivity contribution in [1.82, 2.24) is 5.48 Å². The molecule has 26 heavy (non-hydrogen) atoms. The van der Waals surface area contributed by atoms with E-state index in [4.69, 9.17) is 26.3 Å². The number of methoxy groups -OCH3 is 1. The number of halogens is 1. The Kier molecular flexibility index (Phi) is 5.15. The molecular formula is C19H18ClNO5. The first kappa shape index (κ1) is 18.2. The third-order valence-electron chi connectivity index (χ3n) is 4.64. The van der Waals surface area contributed by atoms with Crippen LogP contribution in [-0.2, 0) is 26.3 Å². The van der Waals surface area contributed by atoms with Gasteiger partial charge in [-0.05, 0) is 30.2 Å². The first-order chi connectivity index (χ1) is 12.5. The largest absolute Gasteiger partial charge is 0.489 e. The number of ether oxygens (including phenoxy) is 2. The van der Waals surface area contributed by atoms with E-state index in [2.05, 4.69) is 0 Å². The lowest BCUT2D eigenvalue weighted by Crippen LogP contribution is -2.31. The summed E-state index contributed by atoms with van der Waals surface area (Å²) in [4.78, 5) is 24.1. The van der Waals surface area contributed by atoms with Crippen molar-refractivity contribution in [2.75, 3.05) is 7.11 Å². The number of carbonyl (C=O) groups is 2. The molecule has 0 spiro atoms. The average molecular weight is 376 g/mol. The van der Waals surface area contributed by atoms with Gasteiger partial charge in [0.1, 0.15) is 17.8 Å². The predicted octanol–water partition coefficient (Wildman–Crippen LogP) is 2.86. The van der Waals surface area contributed by atoms with E-state index in [-0.39, 0.29) is 13.0 Å². The van der Waals surface area contributed by atoms with E-state index in [0.717, 1.165) is 5.56 Å². The van der Waals surface area contributed by atoms with Crippen LogP contribution in [0.15, 0.2) is 48.5 Å². The molecule has 1 fully saturated rings. The zero-order valence-electron chi connectivity index (χ0n) is 14.1. The number of esters is 1. The molecule has 1 amide bonds. The van der Waals surface area contributed by atoms with Crippen LogP contribution in [0.3, 0.4) is 0 Å². The van der Waals surface area contributed by atoms with Gasteiger partial charge >= 0.3 is 5.97 Å². The summed E-state index contributed by atoms with van der Waals surface area (Å²) in [5, 5.41) is 9.49. The Hall–Kier alpha value is -2.57. The maximum Gasteiger partial charge on any atom is 0.317 e. The maximum atomic E-state index is 12.3. The molecule has 0 heterocycles. The molecule has 0 aliphatic heterocycles. The summed E-state index contributed by atoms with van der Waals surface area (Å²) in [5.41, 5.74) is 1.94. The fraction of sp³-hybridized carbons (Fsp3) is 0.263. The summed E-state index contributed by atoms with van der Waals surface area (Å²) < 4.78 is 10.7. The molecule has 1 aliphatic rings. The molecule has 6 nitrogen and oxygen atoms in total. The SMILES string of the molecule is COC(=O)[C@]1(c2cccc(OCc3ccccc3Cl)c2)C[C@H]1C(=O)NO. The topological polar surface area (TPSA) is 84.9 Å². The van der Waals surface area contributed by atoms with Gasteiger partial charge in [0.2, 0.25) is 5.91 Å². The Morgan fingerprint density at radius 3 is 2.73 bits per heavy atom. The van der Waals surface area contributed by atoms with Gasteiger partial charge in [0.25, 0.3) is 0 Å². The van der Waals surface area contributed by atoms with Gasteiger partial charge in [0.15, 0.2) is 0 Å². The summed E-state index contributed by atoms with van der Waals surface area (Å²) >= 11 is 6.13. The number of rotatable bonds is 6. The van der Waals surface area contributed by atoms with E-state index >= 15 is 0 Å². The minimum atomic E-state index is -1.11. The summed E-state index contributed by atoms with van der Waals surface area (Å²) in [6.07, 6.45) is 0.264. The number of hydrogen-bond donors (Lipinski definition) is 2. The summed E-state index contributed by atoms with van der Waals surface area (Å²) in [5.74, 6) is -1.27. The quantitative estimate of drug-likeness (QED) is 0.460. The van der Waals surface area contributed by atoms with Gasteiger partial charge in [-0.2, -0.15) is 0 Å². The van der Waals surface area contributed by atoms with Crippen LogP contribution < -0.4 is 10.2 Å². The molecule has 0 saturated heterocycles. The van der Waals surface area contributed by atoms with Crippen molar-refractivity contribution in [1.29, 1.82) is 0 Å². The molecular weight excluding hydrogens is 358 g/mol. The number of nitrogens with one attached hydrogen (secondary N) is 1. The highest BCUT2D eigenvalue weighted by atomic mass is 35.5. The zero-order chi connectivity index (χ0) is 18.7. The molecule has 1 aliphatic carbocycles. The van der Waals surface area contributed by atoms with Gasteiger partial charge in [-0.1, -0.05) is 41.9 Å². The zero-order valence-corrected chi connectivity index (χ0v) is 14.8. The molecule has 3 rings (SSSR count). The van der Waals surface area contributed by atoms with Gasteiger partial charge < -0.3 is 9.47 Å².